The fourth-order valence-corrected chi connectivity index (χ4v) is 5.12. The quantitative estimate of drug-likeness (QED) is 0.289. The molecule has 0 aliphatic carbocycles. The average molecular weight is 529 g/mol. The van der Waals surface area contributed by atoms with Crippen molar-refractivity contribution in [1.29, 1.82) is 0 Å². The standard InChI is InChI=1S/C23H19F3O7S2/c1-21(2)29-14-6-5-12(9-15(14)30-21)18-7-8-19(34-18)13-10-16-20(32-22(3,4)31-16)17(11-13)33-35(27,28)23(24,25)26/h5-11H,1-4H3. The number of halogens is 3. The first-order valence-corrected chi connectivity index (χ1v) is 12.5. The number of alkyl halides is 3. The molecule has 186 valence electrons. The third-order valence-corrected chi connectivity index (χ3v) is 7.19. The van der Waals surface area contributed by atoms with E-state index in [1.807, 2.05) is 18.2 Å². The maximum atomic E-state index is 13.0. The Kier molecular flexibility index (Phi) is 5.02. The van der Waals surface area contributed by atoms with Crippen LogP contribution in [0.3, 0.4) is 0 Å². The van der Waals surface area contributed by atoms with Gasteiger partial charge in [0.15, 0.2) is 23.0 Å². The van der Waals surface area contributed by atoms with E-state index in [1.165, 1.54) is 17.4 Å². The second-order valence-electron chi connectivity index (χ2n) is 8.82. The molecule has 3 heterocycles. The fourth-order valence-electron chi connectivity index (χ4n) is 3.68. The van der Waals surface area contributed by atoms with Crippen molar-refractivity contribution in [2.24, 2.45) is 0 Å². The minimum absolute atomic E-state index is 0.0696. The molecule has 0 radical (unpaired) electrons. The van der Waals surface area contributed by atoms with Crippen molar-refractivity contribution < 1.29 is 44.7 Å². The van der Waals surface area contributed by atoms with Gasteiger partial charge in [-0.25, -0.2) is 0 Å². The molecular formula is C23H19F3O7S2. The second-order valence-corrected chi connectivity index (χ2v) is 11.4. The van der Waals surface area contributed by atoms with Crippen LogP contribution in [0, 0.1) is 0 Å². The summed E-state index contributed by atoms with van der Waals surface area (Å²) in [5.41, 5.74) is -4.36. The summed E-state index contributed by atoms with van der Waals surface area (Å²) in [6.07, 6.45) is 0. The van der Waals surface area contributed by atoms with Gasteiger partial charge >= 0.3 is 15.6 Å². The number of ether oxygens (including phenoxy) is 4. The van der Waals surface area contributed by atoms with Crippen molar-refractivity contribution in [1.82, 2.24) is 0 Å². The van der Waals surface area contributed by atoms with Crippen LogP contribution in [-0.2, 0) is 10.1 Å². The van der Waals surface area contributed by atoms with Gasteiger partial charge in [0.2, 0.25) is 17.3 Å². The molecule has 7 nitrogen and oxygen atoms in total. The Morgan fingerprint density at radius 3 is 2.03 bits per heavy atom. The van der Waals surface area contributed by atoms with Crippen molar-refractivity contribution in [3.63, 3.8) is 0 Å². The molecular weight excluding hydrogens is 509 g/mol. The number of thiophene rings is 1. The molecule has 0 fully saturated rings. The van der Waals surface area contributed by atoms with Crippen LogP contribution in [0.15, 0.2) is 42.5 Å². The van der Waals surface area contributed by atoms with Gasteiger partial charge in [-0.2, -0.15) is 21.6 Å². The lowest BCUT2D eigenvalue weighted by atomic mass is 10.1. The van der Waals surface area contributed by atoms with E-state index in [1.54, 1.807) is 45.9 Å². The van der Waals surface area contributed by atoms with Crippen molar-refractivity contribution >= 4 is 21.5 Å². The minimum atomic E-state index is -5.92. The lowest BCUT2D eigenvalue weighted by Crippen LogP contribution is -2.30. The van der Waals surface area contributed by atoms with Crippen LogP contribution in [0.1, 0.15) is 27.7 Å². The summed E-state index contributed by atoms with van der Waals surface area (Å²) in [4.78, 5) is 1.49. The minimum Gasteiger partial charge on any atom is -0.449 e. The van der Waals surface area contributed by atoms with E-state index in [9.17, 15) is 21.6 Å². The normalized spacial score (nSPS) is 17.5. The molecule has 5 rings (SSSR count). The Labute approximate surface area is 203 Å². The first-order valence-electron chi connectivity index (χ1n) is 10.3. The second kappa shape index (κ2) is 7.44. The van der Waals surface area contributed by atoms with Gasteiger partial charge in [0, 0.05) is 37.4 Å². The van der Waals surface area contributed by atoms with Crippen LogP contribution >= 0.6 is 11.3 Å². The summed E-state index contributed by atoms with van der Waals surface area (Å²) < 4.78 is 89.4. The third kappa shape index (κ3) is 4.36. The first-order chi connectivity index (χ1) is 16.1. The number of benzene rings is 2. The third-order valence-electron chi connectivity index (χ3n) is 5.04. The summed E-state index contributed by atoms with van der Waals surface area (Å²) in [5.74, 6) is -1.53. The van der Waals surface area contributed by atoms with Gasteiger partial charge in [-0.1, -0.05) is 0 Å². The maximum Gasteiger partial charge on any atom is 0.534 e. The van der Waals surface area contributed by atoms with Gasteiger partial charge in [-0.15, -0.1) is 11.3 Å². The van der Waals surface area contributed by atoms with E-state index in [0.29, 0.717) is 21.9 Å². The summed E-state index contributed by atoms with van der Waals surface area (Å²) in [7, 11) is -5.92. The number of rotatable bonds is 4. The molecule has 2 aliphatic rings. The van der Waals surface area contributed by atoms with Gasteiger partial charge in [0.1, 0.15) is 0 Å². The van der Waals surface area contributed by atoms with E-state index < -0.39 is 33.0 Å². The van der Waals surface area contributed by atoms with E-state index in [0.717, 1.165) is 10.4 Å². The SMILES string of the molecule is CC1(C)Oc2ccc(-c3ccc(-c4cc5c(c(OS(=O)(=O)C(F)(F)F)c4)OC(C)(C)O5)s3)cc2O1. The zero-order valence-corrected chi connectivity index (χ0v) is 20.5. The Balaban J connectivity index is 1.52. The van der Waals surface area contributed by atoms with Gasteiger partial charge in [0.25, 0.3) is 0 Å². The Hall–Kier alpha value is -3.12. The van der Waals surface area contributed by atoms with Crippen molar-refractivity contribution in [2.45, 2.75) is 44.8 Å². The van der Waals surface area contributed by atoms with Crippen LogP contribution in [0.4, 0.5) is 13.2 Å². The van der Waals surface area contributed by atoms with Crippen molar-refractivity contribution in [3.8, 4) is 49.6 Å². The van der Waals surface area contributed by atoms with Gasteiger partial charge < -0.3 is 23.1 Å². The lowest BCUT2D eigenvalue weighted by Gasteiger charge is -2.16. The van der Waals surface area contributed by atoms with Crippen LogP contribution in [0.25, 0.3) is 20.9 Å². The first kappa shape index (κ1) is 23.6. The van der Waals surface area contributed by atoms with Gasteiger partial charge in [-0.3, -0.25) is 0 Å². The number of fused-ring (bicyclic) bond motifs is 2. The van der Waals surface area contributed by atoms with Crippen LogP contribution < -0.4 is 23.1 Å². The highest BCUT2D eigenvalue weighted by molar-refractivity contribution is 7.88. The molecule has 12 heteroatoms. The highest BCUT2D eigenvalue weighted by Gasteiger charge is 2.49. The molecule has 0 saturated carbocycles. The summed E-state index contributed by atoms with van der Waals surface area (Å²) >= 11 is 1.34. The zero-order valence-electron chi connectivity index (χ0n) is 18.8. The Morgan fingerprint density at radius 1 is 0.771 bits per heavy atom. The van der Waals surface area contributed by atoms with Crippen molar-refractivity contribution in [3.05, 3.63) is 42.5 Å². The zero-order chi connectivity index (χ0) is 25.4. The molecule has 0 bridgehead atoms. The maximum absolute atomic E-state index is 13.0. The van der Waals surface area contributed by atoms with E-state index in [4.69, 9.17) is 18.9 Å². The van der Waals surface area contributed by atoms with E-state index in [-0.39, 0.29) is 11.5 Å². The molecule has 2 aromatic carbocycles. The fraction of sp³-hybridized carbons (Fsp3) is 0.304. The molecule has 35 heavy (non-hydrogen) atoms. The molecule has 0 N–H and O–H groups in total. The molecule has 0 saturated heterocycles. The monoisotopic (exact) mass is 528 g/mol. The van der Waals surface area contributed by atoms with E-state index >= 15 is 0 Å². The molecule has 0 atom stereocenters. The van der Waals surface area contributed by atoms with Crippen molar-refractivity contribution in [2.75, 3.05) is 0 Å². The molecule has 0 amide bonds. The average Bonchev–Trinajstić information content (AvgIpc) is 3.38. The molecule has 0 unspecified atom stereocenters. The van der Waals surface area contributed by atoms with Crippen LogP contribution in [0.2, 0.25) is 0 Å². The summed E-state index contributed by atoms with van der Waals surface area (Å²) in [6, 6.07) is 11.9. The molecule has 3 aromatic rings. The lowest BCUT2D eigenvalue weighted by molar-refractivity contribution is -0.0508. The largest absolute Gasteiger partial charge is 0.534 e. The highest BCUT2D eigenvalue weighted by Crippen LogP contribution is 2.51. The topological polar surface area (TPSA) is 80.3 Å². The molecule has 0 spiro atoms. The number of hydrogen-bond donors (Lipinski definition) is 0. The summed E-state index contributed by atoms with van der Waals surface area (Å²) in [6.45, 7) is 6.68. The van der Waals surface area contributed by atoms with Gasteiger partial charge in [0.05, 0.1) is 0 Å². The Bertz CT molecular complexity index is 1440. The predicted molar refractivity (Wildman–Crippen MR) is 121 cm³/mol. The summed E-state index contributed by atoms with van der Waals surface area (Å²) in [5, 5.41) is 0. The van der Waals surface area contributed by atoms with Gasteiger partial charge in [-0.05, 0) is 53.6 Å². The van der Waals surface area contributed by atoms with Crippen LogP contribution in [-0.4, -0.2) is 25.5 Å². The predicted octanol–water partition coefficient (Wildman–Crippen LogP) is 6.33. The highest BCUT2D eigenvalue weighted by atomic mass is 32.2. The molecule has 2 aliphatic heterocycles. The number of hydrogen-bond acceptors (Lipinski definition) is 8. The van der Waals surface area contributed by atoms with E-state index in [2.05, 4.69) is 4.18 Å². The van der Waals surface area contributed by atoms with Crippen LogP contribution in [0.5, 0.6) is 28.7 Å². The Morgan fingerprint density at radius 2 is 1.34 bits per heavy atom. The molecule has 1 aromatic heterocycles. The smallest absolute Gasteiger partial charge is 0.449 e.